The molecule has 3 rings (SSSR count). The van der Waals surface area contributed by atoms with Crippen LogP contribution in [-0.2, 0) is 6.42 Å². The molecule has 0 radical (unpaired) electrons. The average Bonchev–Trinajstić information content (AvgIpc) is 2.97. The maximum absolute atomic E-state index is 12.4. The Morgan fingerprint density at radius 3 is 2.69 bits per heavy atom. The summed E-state index contributed by atoms with van der Waals surface area (Å²) in [4.78, 5) is 23.5. The molecule has 0 saturated heterocycles. The first-order valence-electron chi connectivity index (χ1n) is 7.86. The number of nitrogens with zero attached hydrogens (tertiary/aromatic N) is 1. The fraction of sp³-hybridized carbons (Fsp3) is 0.278. The second-order valence-corrected chi connectivity index (χ2v) is 5.70. The number of para-hydroxylation sites is 1. The van der Waals surface area contributed by atoms with E-state index in [0.717, 1.165) is 6.42 Å². The number of carboxylic acid groups (broad SMARTS) is 1. The summed E-state index contributed by atoms with van der Waals surface area (Å²) in [6.45, 7) is 1.65. The van der Waals surface area contributed by atoms with Gasteiger partial charge in [-0.1, -0.05) is 12.1 Å². The summed E-state index contributed by atoms with van der Waals surface area (Å²) in [5.41, 5.74) is 4.59. The number of carboxylic acids is 1. The molecule has 26 heavy (non-hydrogen) atoms. The van der Waals surface area contributed by atoms with E-state index in [4.69, 9.17) is 9.15 Å². The molecular formula is C18H17KN2O5. The molecule has 1 heterocycles. The Kier molecular flexibility index (Phi) is 7.19. The predicted molar refractivity (Wildman–Crippen MR) is 87.7 cm³/mol. The Balaban J connectivity index is 0.00000243. The van der Waals surface area contributed by atoms with Gasteiger partial charge in [0.2, 0.25) is 0 Å². The van der Waals surface area contributed by atoms with E-state index >= 15 is 0 Å². The normalized spacial score (nSPS) is 14.3. The molecule has 1 amide bonds. The zero-order valence-corrected chi connectivity index (χ0v) is 18.0. The Labute approximate surface area is 193 Å². The summed E-state index contributed by atoms with van der Waals surface area (Å²) in [5.74, 6) is -0.935. The molecule has 130 valence electrons. The van der Waals surface area contributed by atoms with Crippen LogP contribution in [0.4, 0.5) is 0 Å². The van der Waals surface area contributed by atoms with Crippen LogP contribution in [0.15, 0.2) is 33.8 Å². The summed E-state index contributed by atoms with van der Waals surface area (Å²) in [6, 6.07) is 6.83. The number of amides is 1. The molecular weight excluding hydrogens is 363 g/mol. The molecule has 1 aliphatic rings. The van der Waals surface area contributed by atoms with Gasteiger partial charge in [-0.25, -0.2) is 5.43 Å². The van der Waals surface area contributed by atoms with Crippen molar-refractivity contribution < 1.29 is 75.2 Å². The first kappa shape index (κ1) is 20.9. The van der Waals surface area contributed by atoms with Crippen molar-refractivity contribution in [2.75, 3.05) is 7.11 Å². The molecule has 1 aliphatic carbocycles. The number of aryl methyl sites for hydroxylation is 1. The number of ether oxygens (including phenoxy) is 1. The quantitative estimate of drug-likeness (QED) is 0.510. The third-order valence-electron chi connectivity index (χ3n) is 4.16. The van der Waals surface area contributed by atoms with Crippen LogP contribution in [0.25, 0.3) is 0 Å². The topological polar surface area (TPSA) is 104 Å². The number of aromatic carboxylic acids is 1. The van der Waals surface area contributed by atoms with E-state index in [0.29, 0.717) is 46.8 Å². The summed E-state index contributed by atoms with van der Waals surface area (Å²) in [5, 5.41) is 15.3. The molecule has 7 nitrogen and oxygen atoms in total. The number of hydrogen-bond acceptors (Lipinski definition) is 6. The minimum Gasteiger partial charge on any atom is -0.542 e. The predicted octanol–water partition coefficient (Wildman–Crippen LogP) is -1.57. The summed E-state index contributed by atoms with van der Waals surface area (Å²) in [7, 11) is 1.49. The van der Waals surface area contributed by atoms with Crippen molar-refractivity contribution in [3.05, 3.63) is 52.5 Å². The number of fused-ring (bicyclic) bond motifs is 1. The fourth-order valence-corrected chi connectivity index (χ4v) is 2.99. The minimum atomic E-state index is -1.36. The van der Waals surface area contributed by atoms with Gasteiger partial charge in [-0.05, 0) is 31.9 Å². The summed E-state index contributed by atoms with van der Waals surface area (Å²) in [6.07, 6.45) is 2.00. The van der Waals surface area contributed by atoms with E-state index < -0.39 is 11.9 Å². The van der Waals surface area contributed by atoms with Gasteiger partial charge < -0.3 is 19.1 Å². The van der Waals surface area contributed by atoms with E-state index in [1.807, 2.05) is 0 Å². The average molecular weight is 380 g/mol. The molecule has 1 aromatic heterocycles. The van der Waals surface area contributed by atoms with Gasteiger partial charge in [-0.15, -0.1) is 0 Å². The maximum atomic E-state index is 12.4. The Hall–Kier alpha value is -1.45. The Morgan fingerprint density at radius 1 is 1.27 bits per heavy atom. The van der Waals surface area contributed by atoms with Crippen molar-refractivity contribution >= 4 is 17.6 Å². The van der Waals surface area contributed by atoms with Gasteiger partial charge in [0.25, 0.3) is 5.91 Å². The number of hydrogen-bond donors (Lipinski definition) is 1. The maximum Gasteiger partial charge on any atom is 1.00 e. The van der Waals surface area contributed by atoms with Crippen LogP contribution in [-0.4, -0.2) is 24.7 Å². The molecule has 0 atom stereocenters. The van der Waals surface area contributed by atoms with Gasteiger partial charge >= 0.3 is 51.4 Å². The van der Waals surface area contributed by atoms with Crippen molar-refractivity contribution in [1.82, 2.24) is 5.43 Å². The number of nitrogens with one attached hydrogen (secondary N) is 1. The van der Waals surface area contributed by atoms with Crippen molar-refractivity contribution in [3.8, 4) is 5.75 Å². The van der Waals surface area contributed by atoms with Gasteiger partial charge in [0.1, 0.15) is 17.5 Å². The molecule has 8 heteroatoms. The van der Waals surface area contributed by atoms with Crippen LogP contribution in [0.2, 0.25) is 0 Å². The number of rotatable bonds is 4. The number of methoxy groups -OCH3 is 1. The molecule has 0 unspecified atom stereocenters. The van der Waals surface area contributed by atoms with Gasteiger partial charge in [-0.3, -0.25) is 4.79 Å². The van der Waals surface area contributed by atoms with Crippen LogP contribution < -0.4 is 66.7 Å². The number of carbonyl (C=O) groups excluding carboxylic acids is 2. The number of hydrazone groups is 1. The van der Waals surface area contributed by atoms with Crippen molar-refractivity contribution in [1.29, 1.82) is 0 Å². The van der Waals surface area contributed by atoms with E-state index in [9.17, 15) is 14.7 Å². The summed E-state index contributed by atoms with van der Waals surface area (Å²) >= 11 is 0. The molecule has 0 bridgehead atoms. The molecule has 1 N–H and O–H groups in total. The van der Waals surface area contributed by atoms with Gasteiger partial charge in [-0.2, -0.15) is 5.10 Å². The van der Waals surface area contributed by atoms with Gasteiger partial charge in [0, 0.05) is 17.5 Å². The van der Waals surface area contributed by atoms with Crippen molar-refractivity contribution in [2.45, 2.75) is 26.2 Å². The van der Waals surface area contributed by atoms with E-state index in [-0.39, 0.29) is 57.1 Å². The van der Waals surface area contributed by atoms with E-state index in [1.54, 1.807) is 31.2 Å². The van der Waals surface area contributed by atoms with Crippen LogP contribution >= 0.6 is 0 Å². The van der Waals surface area contributed by atoms with Crippen LogP contribution in [0, 0.1) is 6.92 Å². The molecule has 0 spiro atoms. The largest absolute Gasteiger partial charge is 1.00 e. The van der Waals surface area contributed by atoms with Crippen molar-refractivity contribution in [3.63, 3.8) is 0 Å². The molecule has 0 saturated carbocycles. The molecule has 1 aromatic carbocycles. The molecule has 0 aliphatic heterocycles. The second-order valence-electron chi connectivity index (χ2n) is 5.70. The Morgan fingerprint density at radius 2 is 2.00 bits per heavy atom. The molecule has 0 fully saturated rings. The van der Waals surface area contributed by atoms with E-state index in [2.05, 4.69) is 10.5 Å². The van der Waals surface area contributed by atoms with Crippen LogP contribution in [0.3, 0.4) is 0 Å². The number of furan rings is 1. The first-order valence-corrected chi connectivity index (χ1v) is 7.86. The van der Waals surface area contributed by atoms with Crippen LogP contribution in [0.1, 0.15) is 50.6 Å². The Bertz CT molecular complexity index is 872. The third-order valence-corrected chi connectivity index (χ3v) is 4.16. The van der Waals surface area contributed by atoms with Gasteiger partial charge in [0.05, 0.1) is 18.4 Å². The molecule has 2 aromatic rings. The van der Waals surface area contributed by atoms with Gasteiger partial charge in [0.15, 0.2) is 5.76 Å². The minimum absolute atomic E-state index is 0. The number of benzene rings is 1. The standard InChI is InChI=1S/C18H18N2O5.K/c1-10-15-12(7-5-9-14(15)25-16(10)18(22)23)19-20-17(21)11-6-3-4-8-13(11)24-2;/h3-4,6,8H,5,7,9H2,1-2H3,(H,20,21)(H,22,23);/q;+1/p-1/b19-12+;. The monoisotopic (exact) mass is 380 g/mol. The van der Waals surface area contributed by atoms with Crippen molar-refractivity contribution in [2.24, 2.45) is 5.10 Å². The second kappa shape index (κ2) is 8.96. The first-order chi connectivity index (χ1) is 12.0. The smallest absolute Gasteiger partial charge is 0.542 e. The zero-order chi connectivity index (χ0) is 18.0. The van der Waals surface area contributed by atoms with Crippen LogP contribution in [0.5, 0.6) is 5.75 Å². The fourth-order valence-electron chi connectivity index (χ4n) is 2.99. The third kappa shape index (κ3) is 4.10. The van der Waals surface area contributed by atoms with E-state index in [1.165, 1.54) is 7.11 Å². The SMILES string of the molecule is COc1ccccc1C(=O)N/N=C1\CCCc2oc(C(=O)[O-])c(C)c21.[K+]. The zero-order valence-electron chi connectivity index (χ0n) is 14.9. The summed E-state index contributed by atoms with van der Waals surface area (Å²) < 4.78 is 10.5. The number of carbonyl (C=O) groups is 2.